The van der Waals surface area contributed by atoms with E-state index in [9.17, 15) is 4.79 Å². The number of pyridine rings is 1. The Hall–Kier alpha value is -1.17. The molecule has 1 saturated heterocycles. The molecule has 0 atom stereocenters. The molecule has 1 aromatic rings. The van der Waals surface area contributed by atoms with Gasteiger partial charge in [0.05, 0.1) is 11.8 Å². The average Bonchev–Trinajstić information content (AvgIpc) is 2.40. The standard InChI is InChI=1S/C12H16ClN3O2/c13-12-10(2-1-5-15-12)16-11(17)8-18-9-3-6-14-7-4-9/h1-2,5,9,14H,3-4,6-8H2,(H,16,17). The quantitative estimate of drug-likeness (QED) is 0.812. The van der Waals surface area contributed by atoms with Gasteiger partial charge in [-0.25, -0.2) is 4.98 Å². The molecule has 1 aromatic heterocycles. The fourth-order valence-electron chi connectivity index (χ4n) is 1.82. The zero-order valence-corrected chi connectivity index (χ0v) is 10.7. The van der Waals surface area contributed by atoms with Crippen molar-refractivity contribution in [2.24, 2.45) is 0 Å². The fraction of sp³-hybridized carbons (Fsp3) is 0.500. The van der Waals surface area contributed by atoms with Gasteiger partial charge >= 0.3 is 0 Å². The normalized spacial score (nSPS) is 16.5. The van der Waals surface area contributed by atoms with Crippen LogP contribution in [0, 0.1) is 0 Å². The molecule has 0 spiro atoms. The van der Waals surface area contributed by atoms with Gasteiger partial charge in [0.15, 0.2) is 5.15 Å². The summed E-state index contributed by atoms with van der Waals surface area (Å²) in [6.07, 6.45) is 3.63. The lowest BCUT2D eigenvalue weighted by Gasteiger charge is -2.22. The molecule has 2 heterocycles. The second kappa shape index (κ2) is 6.68. The minimum absolute atomic E-state index is 0.0515. The van der Waals surface area contributed by atoms with E-state index in [-0.39, 0.29) is 23.8 Å². The van der Waals surface area contributed by atoms with Crippen LogP contribution < -0.4 is 10.6 Å². The Morgan fingerprint density at radius 1 is 1.56 bits per heavy atom. The summed E-state index contributed by atoms with van der Waals surface area (Å²) < 4.78 is 5.54. The maximum absolute atomic E-state index is 11.7. The third-order valence-corrected chi connectivity index (χ3v) is 3.07. The fourth-order valence-corrected chi connectivity index (χ4v) is 1.99. The van der Waals surface area contributed by atoms with Gasteiger partial charge in [-0.2, -0.15) is 0 Å². The first-order chi connectivity index (χ1) is 8.75. The molecule has 0 unspecified atom stereocenters. The van der Waals surface area contributed by atoms with E-state index in [4.69, 9.17) is 16.3 Å². The highest BCUT2D eigenvalue weighted by molar-refractivity contribution is 6.32. The largest absolute Gasteiger partial charge is 0.368 e. The lowest BCUT2D eigenvalue weighted by Crippen LogP contribution is -2.34. The van der Waals surface area contributed by atoms with Crippen LogP contribution in [0.15, 0.2) is 18.3 Å². The second-order valence-corrected chi connectivity index (χ2v) is 4.51. The molecule has 6 heteroatoms. The van der Waals surface area contributed by atoms with Crippen molar-refractivity contribution in [3.05, 3.63) is 23.5 Å². The maximum atomic E-state index is 11.7. The van der Waals surface area contributed by atoms with Gasteiger partial charge in [0.2, 0.25) is 5.91 Å². The third kappa shape index (κ3) is 3.94. The van der Waals surface area contributed by atoms with Crippen molar-refractivity contribution < 1.29 is 9.53 Å². The summed E-state index contributed by atoms with van der Waals surface area (Å²) in [5.41, 5.74) is 0.512. The maximum Gasteiger partial charge on any atom is 0.250 e. The van der Waals surface area contributed by atoms with Gasteiger partial charge < -0.3 is 15.4 Å². The smallest absolute Gasteiger partial charge is 0.250 e. The van der Waals surface area contributed by atoms with E-state index in [0.29, 0.717) is 5.69 Å². The van der Waals surface area contributed by atoms with Crippen molar-refractivity contribution in [1.82, 2.24) is 10.3 Å². The van der Waals surface area contributed by atoms with Crippen LogP contribution in [0.4, 0.5) is 5.69 Å². The van der Waals surface area contributed by atoms with Crippen LogP contribution in [0.25, 0.3) is 0 Å². The summed E-state index contributed by atoms with van der Waals surface area (Å²) in [5.74, 6) is -0.205. The lowest BCUT2D eigenvalue weighted by molar-refractivity contribution is -0.123. The number of carbonyl (C=O) groups is 1. The molecule has 1 amide bonds. The number of aromatic nitrogens is 1. The highest BCUT2D eigenvalue weighted by Crippen LogP contribution is 2.17. The Balaban J connectivity index is 1.76. The highest BCUT2D eigenvalue weighted by atomic mass is 35.5. The van der Waals surface area contributed by atoms with Crippen molar-refractivity contribution >= 4 is 23.2 Å². The van der Waals surface area contributed by atoms with E-state index in [1.54, 1.807) is 18.3 Å². The molecule has 0 aliphatic carbocycles. The van der Waals surface area contributed by atoms with Crippen molar-refractivity contribution in [1.29, 1.82) is 0 Å². The molecule has 1 fully saturated rings. The predicted molar refractivity (Wildman–Crippen MR) is 69.7 cm³/mol. The van der Waals surface area contributed by atoms with Gasteiger partial charge in [-0.15, -0.1) is 0 Å². The first-order valence-electron chi connectivity index (χ1n) is 5.98. The first-order valence-corrected chi connectivity index (χ1v) is 6.36. The molecule has 2 rings (SSSR count). The number of nitrogens with zero attached hydrogens (tertiary/aromatic N) is 1. The monoisotopic (exact) mass is 269 g/mol. The minimum Gasteiger partial charge on any atom is -0.368 e. The number of nitrogens with one attached hydrogen (secondary N) is 2. The van der Waals surface area contributed by atoms with E-state index in [1.165, 1.54) is 0 Å². The van der Waals surface area contributed by atoms with Crippen molar-refractivity contribution in [3.63, 3.8) is 0 Å². The summed E-state index contributed by atoms with van der Waals surface area (Å²) in [5, 5.41) is 6.20. The predicted octanol–water partition coefficient (Wildman–Crippen LogP) is 1.44. The zero-order valence-electron chi connectivity index (χ0n) is 9.99. The van der Waals surface area contributed by atoms with Gasteiger partial charge in [0.1, 0.15) is 6.61 Å². The number of anilines is 1. The molecule has 2 N–H and O–H groups in total. The lowest BCUT2D eigenvalue weighted by atomic mass is 10.1. The van der Waals surface area contributed by atoms with Crippen LogP contribution in [0.2, 0.25) is 5.15 Å². The van der Waals surface area contributed by atoms with E-state index in [0.717, 1.165) is 25.9 Å². The molecule has 98 valence electrons. The average molecular weight is 270 g/mol. The van der Waals surface area contributed by atoms with Gasteiger partial charge in [0.25, 0.3) is 0 Å². The molecule has 0 saturated carbocycles. The van der Waals surface area contributed by atoms with Gasteiger partial charge in [-0.3, -0.25) is 4.79 Å². The Labute approximate surface area is 111 Å². The van der Waals surface area contributed by atoms with E-state index in [1.807, 2.05) is 0 Å². The summed E-state index contributed by atoms with van der Waals surface area (Å²) in [6, 6.07) is 3.42. The number of hydrogen-bond acceptors (Lipinski definition) is 4. The van der Waals surface area contributed by atoms with Crippen molar-refractivity contribution in [2.75, 3.05) is 25.0 Å². The molecular formula is C12H16ClN3O2. The topological polar surface area (TPSA) is 63.2 Å². The Morgan fingerprint density at radius 2 is 2.33 bits per heavy atom. The summed E-state index contributed by atoms with van der Waals surface area (Å²) in [7, 11) is 0. The van der Waals surface area contributed by atoms with Gasteiger partial charge in [-0.05, 0) is 38.1 Å². The van der Waals surface area contributed by atoms with Crippen molar-refractivity contribution in [2.45, 2.75) is 18.9 Å². The number of hydrogen-bond donors (Lipinski definition) is 2. The number of rotatable bonds is 4. The second-order valence-electron chi connectivity index (χ2n) is 4.15. The number of halogens is 1. The third-order valence-electron chi connectivity index (χ3n) is 2.77. The van der Waals surface area contributed by atoms with Crippen LogP contribution in [-0.2, 0) is 9.53 Å². The molecule has 0 radical (unpaired) electrons. The van der Waals surface area contributed by atoms with Crippen molar-refractivity contribution in [3.8, 4) is 0 Å². The zero-order chi connectivity index (χ0) is 12.8. The van der Waals surface area contributed by atoms with Gasteiger partial charge in [-0.1, -0.05) is 11.6 Å². The van der Waals surface area contributed by atoms with E-state index in [2.05, 4.69) is 15.6 Å². The van der Waals surface area contributed by atoms with Crippen LogP contribution in [0.5, 0.6) is 0 Å². The molecule has 1 aliphatic rings. The minimum atomic E-state index is -0.205. The van der Waals surface area contributed by atoms with Crippen LogP contribution >= 0.6 is 11.6 Å². The summed E-state index contributed by atoms with van der Waals surface area (Å²) >= 11 is 5.84. The summed E-state index contributed by atoms with van der Waals surface area (Å²) in [6.45, 7) is 1.94. The molecule has 0 bridgehead atoms. The van der Waals surface area contributed by atoms with E-state index < -0.39 is 0 Å². The molecule has 0 aromatic carbocycles. The van der Waals surface area contributed by atoms with E-state index >= 15 is 0 Å². The first kappa shape index (κ1) is 13.3. The number of piperidine rings is 1. The van der Waals surface area contributed by atoms with Crippen LogP contribution in [0.1, 0.15) is 12.8 Å². The Morgan fingerprint density at radius 3 is 3.06 bits per heavy atom. The number of ether oxygens (including phenoxy) is 1. The Kier molecular flexibility index (Phi) is 4.92. The summed E-state index contributed by atoms with van der Waals surface area (Å²) in [4.78, 5) is 15.6. The number of amides is 1. The highest BCUT2D eigenvalue weighted by Gasteiger charge is 2.15. The van der Waals surface area contributed by atoms with Crippen LogP contribution in [-0.4, -0.2) is 36.7 Å². The molecular weight excluding hydrogens is 254 g/mol. The van der Waals surface area contributed by atoms with Gasteiger partial charge in [0, 0.05) is 6.20 Å². The molecule has 1 aliphatic heterocycles. The van der Waals surface area contributed by atoms with Crippen LogP contribution in [0.3, 0.4) is 0 Å². The SMILES string of the molecule is O=C(COC1CCNCC1)Nc1cccnc1Cl. The molecule has 18 heavy (non-hydrogen) atoms. The Bertz CT molecular complexity index is 408. The molecule has 5 nitrogen and oxygen atoms in total. The number of carbonyl (C=O) groups excluding carboxylic acids is 1.